The van der Waals surface area contributed by atoms with Gasteiger partial charge in [0.1, 0.15) is 0 Å². The molecule has 1 saturated heterocycles. The second-order valence-corrected chi connectivity index (χ2v) is 6.72. The molecule has 6 nitrogen and oxygen atoms in total. The third kappa shape index (κ3) is 8.65. The van der Waals surface area contributed by atoms with E-state index < -0.39 is 12.2 Å². The quantitative estimate of drug-likeness (QED) is 0.359. The molecule has 23 heavy (non-hydrogen) atoms. The lowest BCUT2D eigenvalue weighted by atomic mass is 9.93. The van der Waals surface area contributed by atoms with Crippen LogP contribution in [0, 0.1) is 0 Å². The summed E-state index contributed by atoms with van der Waals surface area (Å²) in [6.45, 7) is 2.59. The van der Waals surface area contributed by atoms with E-state index in [0.29, 0.717) is 19.4 Å². The van der Waals surface area contributed by atoms with Gasteiger partial charge >= 0.3 is 0 Å². The summed E-state index contributed by atoms with van der Waals surface area (Å²) < 4.78 is 0. The zero-order valence-corrected chi connectivity index (χ0v) is 14.3. The summed E-state index contributed by atoms with van der Waals surface area (Å²) in [6.07, 6.45) is 6.83. The van der Waals surface area contributed by atoms with Crippen LogP contribution in [-0.4, -0.2) is 58.7 Å². The summed E-state index contributed by atoms with van der Waals surface area (Å²) in [5, 5.41) is 34.4. The average molecular weight is 330 g/mol. The van der Waals surface area contributed by atoms with Crippen LogP contribution in [0.4, 0.5) is 0 Å². The van der Waals surface area contributed by atoms with Crippen molar-refractivity contribution in [3.05, 3.63) is 0 Å². The highest BCUT2D eigenvalue weighted by Crippen LogP contribution is 2.14. The number of carbonyl (C=O) groups is 1. The Bertz CT molecular complexity index is 328. The minimum Gasteiger partial charge on any atom is -0.396 e. The normalized spacial score (nSPS) is 27.8. The summed E-state index contributed by atoms with van der Waals surface area (Å²) in [7, 11) is 0. The van der Waals surface area contributed by atoms with Gasteiger partial charge in [0.25, 0.3) is 0 Å². The first-order valence-corrected chi connectivity index (χ1v) is 9.04. The maximum Gasteiger partial charge on any atom is 0.220 e. The van der Waals surface area contributed by atoms with Crippen molar-refractivity contribution in [1.82, 2.24) is 10.6 Å². The number of hydrogen-bond donors (Lipinski definition) is 5. The number of hydrogen-bond acceptors (Lipinski definition) is 5. The van der Waals surface area contributed by atoms with Crippen LogP contribution >= 0.6 is 0 Å². The van der Waals surface area contributed by atoms with E-state index in [2.05, 4.69) is 10.6 Å². The van der Waals surface area contributed by atoms with Crippen LogP contribution in [0.1, 0.15) is 64.7 Å². The average Bonchev–Trinajstić information content (AvgIpc) is 2.52. The molecule has 1 aliphatic rings. The SMILES string of the molecule is C[C@@H]1C[C@H](O)[C@@H](O)[C@@H](CNC(=O)CCCCCCCCCO)N1. The van der Waals surface area contributed by atoms with Gasteiger partial charge in [0.05, 0.1) is 18.2 Å². The fraction of sp³-hybridized carbons (Fsp3) is 0.941. The third-order valence-electron chi connectivity index (χ3n) is 4.48. The Morgan fingerprint density at radius 3 is 2.35 bits per heavy atom. The second-order valence-electron chi connectivity index (χ2n) is 6.72. The number of piperidine rings is 1. The van der Waals surface area contributed by atoms with E-state index in [1.165, 1.54) is 0 Å². The minimum absolute atomic E-state index is 0.00648. The Hall–Kier alpha value is -0.690. The van der Waals surface area contributed by atoms with Crippen molar-refractivity contribution >= 4 is 5.91 Å². The Morgan fingerprint density at radius 1 is 1.09 bits per heavy atom. The van der Waals surface area contributed by atoms with E-state index in [4.69, 9.17) is 5.11 Å². The van der Waals surface area contributed by atoms with Crippen molar-refractivity contribution in [2.45, 2.75) is 89.0 Å². The van der Waals surface area contributed by atoms with Crippen LogP contribution < -0.4 is 10.6 Å². The molecule has 1 aliphatic heterocycles. The van der Waals surface area contributed by atoms with E-state index in [0.717, 1.165) is 44.9 Å². The zero-order chi connectivity index (χ0) is 17.1. The number of nitrogens with one attached hydrogen (secondary N) is 2. The predicted molar refractivity (Wildman–Crippen MR) is 90.0 cm³/mol. The fourth-order valence-corrected chi connectivity index (χ4v) is 3.07. The molecule has 0 aromatic rings. The van der Waals surface area contributed by atoms with Gasteiger partial charge in [-0.3, -0.25) is 4.79 Å². The van der Waals surface area contributed by atoms with Crippen LogP contribution in [0.5, 0.6) is 0 Å². The fourth-order valence-electron chi connectivity index (χ4n) is 3.07. The highest BCUT2D eigenvalue weighted by Gasteiger charge is 2.33. The molecule has 0 spiro atoms. The van der Waals surface area contributed by atoms with Gasteiger partial charge in [-0.25, -0.2) is 0 Å². The molecular formula is C17H34N2O4. The largest absolute Gasteiger partial charge is 0.396 e. The highest BCUT2D eigenvalue weighted by atomic mass is 16.3. The molecule has 6 heteroatoms. The first kappa shape index (κ1) is 20.4. The van der Waals surface area contributed by atoms with E-state index in [1.807, 2.05) is 6.92 Å². The third-order valence-corrected chi connectivity index (χ3v) is 4.48. The number of amides is 1. The van der Waals surface area contributed by atoms with E-state index >= 15 is 0 Å². The molecule has 1 heterocycles. The lowest BCUT2D eigenvalue weighted by molar-refractivity contribution is -0.121. The number of aliphatic hydroxyl groups is 3. The van der Waals surface area contributed by atoms with Gasteiger partial charge in [-0.05, 0) is 26.2 Å². The smallest absolute Gasteiger partial charge is 0.220 e. The summed E-state index contributed by atoms with van der Waals surface area (Å²) in [5.41, 5.74) is 0. The molecule has 0 aromatic heterocycles. The van der Waals surface area contributed by atoms with Crippen LogP contribution in [0.3, 0.4) is 0 Å². The molecule has 0 unspecified atom stereocenters. The van der Waals surface area contributed by atoms with E-state index in [1.54, 1.807) is 0 Å². The van der Waals surface area contributed by atoms with Crippen LogP contribution in [-0.2, 0) is 4.79 Å². The maximum atomic E-state index is 11.8. The van der Waals surface area contributed by atoms with Crippen molar-refractivity contribution in [1.29, 1.82) is 0 Å². The van der Waals surface area contributed by atoms with Gasteiger partial charge in [0.15, 0.2) is 0 Å². The Kier molecular flexibility index (Phi) is 10.4. The first-order valence-electron chi connectivity index (χ1n) is 9.04. The summed E-state index contributed by atoms with van der Waals surface area (Å²) in [4.78, 5) is 11.8. The van der Waals surface area contributed by atoms with Crippen LogP contribution in [0.15, 0.2) is 0 Å². The lowest BCUT2D eigenvalue weighted by Gasteiger charge is -2.36. The molecule has 0 aliphatic carbocycles. The molecular weight excluding hydrogens is 296 g/mol. The topological polar surface area (TPSA) is 102 Å². The Labute approximate surface area is 139 Å². The van der Waals surface area contributed by atoms with Gasteiger partial charge in [-0.15, -0.1) is 0 Å². The molecule has 1 rings (SSSR count). The van der Waals surface area contributed by atoms with Gasteiger partial charge in [-0.1, -0.05) is 32.1 Å². The molecule has 136 valence electrons. The van der Waals surface area contributed by atoms with Crippen molar-refractivity contribution in [3.63, 3.8) is 0 Å². The van der Waals surface area contributed by atoms with Crippen molar-refractivity contribution in [2.75, 3.05) is 13.2 Å². The monoisotopic (exact) mass is 330 g/mol. The number of rotatable bonds is 11. The van der Waals surface area contributed by atoms with E-state index in [-0.39, 0.29) is 24.6 Å². The molecule has 0 aromatic carbocycles. The van der Waals surface area contributed by atoms with E-state index in [9.17, 15) is 15.0 Å². The standard InChI is InChI=1S/C17H34N2O4/c1-13-11-15(21)17(23)14(19-13)12-18-16(22)9-7-5-3-2-4-6-8-10-20/h13-15,17,19-21,23H,2-12H2,1H3,(H,18,22)/t13-,14-,15+,17+/m1/s1. The Morgan fingerprint density at radius 2 is 1.70 bits per heavy atom. The second kappa shape index (κ2) is 11.8. The molecule has 1 fully saturated rings. The summed E-state index contributed by atoms with van der Waals surface area (Å²) >= 11 is 0. The van der Waals surface area contributed by atoms with Gasteiger partial charge in [0, 0.05) is 25.6 Å². The Balaban J connectivity index is 2.03. The number of aliphatic hydroxyl groups excluding tert-OH is 3. The lowest BCUT2D eigenvalue weighted by Crippen LogP contribution is -2.59. The van der Waals surface area contributed by atoms with Gasteiger partial charge < -0.3 is 26.0 Å². The van der Waals surface area contributed by atoms with Crippen molar-refractivity contribution < 1.29 is 20.1 Å². The summed E-state index contributed by atoms with van der Waals surface area (Å²) in [5.74, 6) is 0.00648. The van der Waals surface area contributed by atoms with Gasteiger partial charge in [-0.2, -0.15) is 0 Å². The van der Waals surface area contributed by atoms with Crippen LogP contribution in [0.25, 0.3) is 0 Å². The molecule has 0 radical (unpaired) electrons. The zero-order valence-electron chi connectivity index (χ0n) is 14.3. The number of unbranched alkanes of at least 4 members (excludes halogenated alkanes) is 6. The molecule has 5 N–H and O–H groups in total. The summed E-state index contributed by atoms with van der Waals surface area (Å²) in [6, 6.07) is -0.148. The maximum absolute atomic E-state index is 11.8. The minimum atomic E-state index is -0.828. The molecule has 0 bridgehead atoms. The molecule has 1 amide bonds. The predicted octanol–water partition coefficient (Wildman–Crippen LogP) is 0.688. The van der Waals surface area contributed by atoms with Gasteiger partial charge in [0.2, 0.25) is 5.91 Å². The molecule has 4 atom stereocenters. The van der Waals surface area contributed by atoms with Crippen molar-refractivity contribution in [3.8, 4) is 0 Å². The first-order chi connectivity index (χ1) is 11.0. The number of carbonyl (C=O) groups excluding carboxylic acids is 1. The van der Waals surface area contributed by atoms with Crippen LogP contribution in [0.2, 0.25) is 0 Å². The highest BCUT2D eigenvalue weighted by molar-refractivity contribution is 5.75. The molecule has 0 saturated carbocycles. The van der Waals surface area contributed by atoms with Crippen molar-refractivity contribution in [2.24, 2.45) is 0 Å².